The van der Waals surface area contributed by atoms with E-state index in [2.05, 4.69) is 33.5 Å². The highest BCUT2D eigenvalue weighted by Crippen LogP contribution is 2.13. The molecule has 0 aromatic heterocycles. The number of amides is 1. The van der Waals surface area contributed by atoms with E-state index < -0.39 is 0 Å². The molecule has 0 unspecified atom stereocenters. The zero-order valence-electron chi connectivity index (χ0n) is 11.5. The van der Waals surface area contributed by atoms with Gasteiger partial charge >= 0.3 is 0 Å². The third-order valence-electron chi connectivity index (χ3n) is 2.90. The van der Waals surface area contributed by atoms with E-state index in [1.807, 2.05) is 24.3 Å². The van der Waals surface area contributed by atoms with Crippen LogP contribution in [0.5, 0.6) is 0 Å². The molecule has 0 radical (unpaired) electrons. The number of hydrogen-bond donors (Lipinski definition) is 2. The van der Waals surface area contributed by atoms with Gasteiger partial charge in [-0.3, -0.25) is 4.79 Å². The topological polar surface area (TPSA) is 41.1 Å². The highest BCUT2D eigenvalue weighted by molar-refractivity contribution is 9.10. The molecule has 19 heavy (non-hydrogen) atoms. The number of hydrogen-bond acceptors (Lipinski definition) is 2. The zero-order chi connectivity index (χ0) is 13.9. The fourth-order valence-corrected chi connectivity index (χ4v) is 2.03. The van der Waals surface area contributed by atoms with E-state index in [1.165, 1.54) is 25.7 Å². The molecule has 0 heterocycles. The van der Waals surface area contributed by atoms with Gasteiger partial charge in [0, 0.05) is 16.7 Å². The van der Waals surface area contributed by atoms with Gasteiger partial charge in [0.15, 0.2) is 0 Å². The molecular weight excluding hydrogens is 304 g/mol. The molecule has 0 saturated carbocycles. The SMILES string of the molecule is CCCCCCCNC(=O)CNc1ccc(Br)cc1. The van der Waals surface area contributed by atoms with Crippen molar-refractivity contribution in [2.75, 3.05) is 18.4 Å². The molecule has 0 saturated heterocycles. The van der Waals surface area contributed by atoms with E-state index in [9.17, 15) is 4.79 Å². The maximum absolute atomic E-state index is 11.6. The third kappa shape index (κ3) is 7.88. The second-order valence-corrected chi connectivity index (χ2v) is 5.54. The van der Waals surface area contributed by atoms with Gasteiger partial charge in [-0.05, 0) is 30.7 Å². The predicted octanol–water partition coefficient (Wildman–Crippen LogP) is 3.95. The van der Waals surface area contributed by atoms with Gasteiger partial charge in [-0.15, -0.1) is 0 Å². The first kappa shape index (κ1) is 16.0. The summed E-state index contributed by atoms with van der Waals surface area (Å²) in [4.78, 5) is 11.6. The zero-order valence-corrected chi connectivity index (χ0v) is 13.1. The van der Waals surface area contributed by atoms with E-state index in [0.29, 0.717) is 6.54 Å². The number of benzene rings is 1. The quantitative estimate of drug-likeness (QED) is 0.674. The second kappa shape index (κ2) is 9.84. The average Bonchev–Trinajstić information content (AvgIpc) is 2.42. The lowest BCUT2D eigenvalue weighted by atomic mass is 10.1. The van der Waals surface area contributed by atoms with Crippen molar-refractivity contribution < 1.29 is 4.79 Å². The van der Waals surface area contributed by atoms with Crippen LogP contribution >= 0.6 is 15.9 Å². The van der Waals surface area contributed by atoms with Gasteiger partial charge in [0.1, 0.15) is 0 Å². The molecule has 0 spiro atoms. The molecule has 0 fully saturated rings. The lowest BCUT2D eigenvalue weighted by Gasteiger charge is -2.07. The monoisotopic (exact) mass is 326 g/mol. The Hall–Kier alpha value is -1.03. The molecule has 1 amide bonds. The fraction of sp³-hybridized carbons (Fsp3) is 0.533. The minimum Gasteiger partial charge on any atom is -0.376 e. The Morgan fingerprint density at radius 2 is 1.79 bits per heavy atom. The van der Waals surface area contributed by atoms with Crippen molar-refractivity contribution in [2.45, 2.75) is 39.0 Å². The van der Waals surface area contributed by atoms with Gasteiger partial charge in [-0.1, -0.05) is 48.5 Å². The Balaban J connectivity index is 2.06. The van der Waals surface area contributed by atoms with Crippen molar-refractivity contribution in [2.24, 2.45) is 0 Å². The van der Waals surface area contributed by atoms with Crippen LogP contribution in [-0.4, -0.2) is 19.0 Å². The molecule has 0 aliphatic rings. The molecule has 0 bridgehead atoms. The smallest absolute Gasteiger partial charge is 0.239 e. The highest BCUT2D eigenvalue weighted by atomic mass is 79.9. The Kier molecular flexibility index (Phi) is 8.30. The number of carbonyl (C=O) groups excluding carboxylic acids is 1. The van der Waals surface area contributed by atoms with Crippen LogP contribution in [0, 0.1) is 0 Å². The first-order valence-corrected chi connectivity index (χ1v) is 7.78. The number of carbonyl (C=O) groups is 1. The van der Waals surface area contributed by atoms with E-state index >= 15 is 0 Å². The van der Waals surface area contributed by atoms with Crippen LogP contribution in [0.4, 0.5) is 5.69 Å². The lowest BCUT2D eigenvalue weighted by molar-refractivity contribution is -0.119. The van der Waals surface area contributed by atoms with E-state index in [4.69, 9.17) is 0 Å². The van der Waals surface area contributed by atoms with Gasteiger partial charge in [0.25, 0.3) is 0 Å². The molecular formula is C15H23BrN2O. The van der Waals surface area contributed by atoms with Crippen molar-refractivity contribution in [3.8, 4) is 0 Å². The summed E-state index contributed by atoms with van der Waals surface area (Å²) in [5.41, 5.74) is 0.960. The first-order chi connectivity index (χ1) is 9.22. The molecule has 1 aromatic carbocycles. The molecule has 1 aromatic rings. The molecule has 0 atom stereocenters. The number of halogens is 1. The standard InChI is InChI=1S/C15H23BrN2O/c1-2-3-4-5-6-11-17-15(19)12-18-14-9-7-13(16)8-10-14/h7-10,18H,2-6,11-12H2,1H3,(H,17,19). The molecule has 0 aliphatic heterocycles. The molecule has 3 nitrogen and oxygen atoms in total. The number of anilines is 1. The summed E-state index contributed by atoms with van der Waals surface area (Å²) >= 11 is 3.38. The first-order valence-electron chi connectivity index (χ1n) is 6.98. The second-order valence-electron chi connectivity index (χ2n) is 4.62. The molecule has 106 valence electrons. The molecule has 4 heteroatoms. The largest absolute Gasteiger partial charge is 0.376 e. The van der Waals surface area contributed by atoms with Crippen molar-refractivity contribution in [3.05, 3.63) is 28.7 Å². The maximum atomic E-state index is 11.6. The van der Waals surface area contributed by atoms with Crippen LogP contribution in [-0.2, 0) is 4.79 Å². The maximum Gasteiger partial charge on any atom is 0.239 e. The molecule has 2 N–H and O–H groups in total. The Bertz CT molecular complexity index is 365. The summed E-state index contributed by atoms with van der Waals surface area (Å²) in [6.07, 6.45) is 6.09. The summed E-state index contributed by atoms with van der Waals surface area (Å²) in [6.45, 7) is 3.32. The lowest BCUT2D eigenvalue weighted by Crippen LogP contribution is -2.30. The van der Waals surface area contributed by atoms with Crippen LogP contribution in [0.1, 0.15) is 39.0 Å². The van der Waals surface area contributed by atoms with Crippen LogP contribution in [0.2, 0.25) is 0 Å². The van der Waals surface area contributed by atoms with Crippen molar-refractivity contribution in [3.63, 3.8) is 0 Å². The predicted molar refractivity (Wildman–Crippen MR) is 84.4 cm³/mol. The average molecular weight is 327 g/mol. The van der Waals surface area contributed by atoms with E-state index in [0.717, 1.165) is 23.1 Å². The summed E-state index contributed by atoms with van der Waals surface area (Å²) in [5.74, 6) is 0.0541. The van der Waals surface area contributed by atoms with Crippen LogP contribution in [0.25, 0.3) is 0 Å². The van der Waals surface area contributed by atoms with Crippen LogP contribution in [0.15, 0.2) is 28.7 Å². The third-order valence-corrected chi connectivity index (χ3v) is 3.43. The molecule has 0 aliphatic carbocycles. The fourth-order valence-electron chi connectivity index (χ4n) is 1.77. The number of unbranched alkanes of at least 4 members (excludes halogenated alkanes) is 4. The van der Waals surface area contributed by atoms with Crippen LogP contribution in [0.3, 0.4) is 0 Å². The van der Waals surface area contributed by atoms with Crippen LogP contribution < -0.4 is 10.6 Å². The number of nitrogens with one attached hydrogen (secondary N) is 2. The van der Waals surface area contributed by atoms with E-state index in [1.54, 1.807) is 0 Å². The Labute approximate surface area is 124 Å². The summed E-state index contributed by atoms with van der Waals surface area (Å²) in [5, 5.41) is 6.03. The van der Waals surface area contributed by atoms with Gasteiger partial charge in [-0.25, -0.2) is 0 Å². The Morgan fingerprint density at radius 3 is 2.47 bits per heavy atom. The summed E-state index contributed by atoms with van der Waals surface area (Å²) in [7, 11) is 0. The van der Waals surface area contributed by atoms with E-state index in [-0.39, 0.29) is 5.91 Å². The van der Waals surface area contributed by atoms with Crippen molar-refractivity contribution in [1.29, 1.82) is 0 Å². The van der Waals surface area contributed by atoms with Gasteiger partial charge in [0.05, 0.1) is 6.54 Å². The van der Waals surface area contributed by atoms with Gasteiger partial charge in [-0.2, -0.15) is 0 Å². The molecule has 1 rings (SSSR count). The minimum atomic E-state index is 0.0541. The van der Waals surface area contributed by atoms with Gasteiger partial charge < -0.3 is 10.6 Å². The summed E-state index contributed by atoms with van der Waals surface area (Å²) in [6, 6.07) is 7.80. The summed E-state index contributed by atoms with van der Waals surface area (Å²) < 4.78 is 1.04. The van der Waals surface area contributed by atoms with Gasteiger partial charge in [0.2, 0.25) is 5.91 Å². The normalized spacial score (nSPS) is 10.2. The van der Waals surface area contributed by atoms with Crippen molar-refractivity contribution >= 4 is 27.5 Å². The number of rotatable bonds is 9. The minimum absolute atomic E-state index is 0.0541. The van der Waals surface area contributed by atoms with Crippen molar-refractivity contribution in [1.82, 2.24) is 5.32 Å². The Morgan fingerprint density at radius 1 is 1.11 bits per heavy atom. The highest BCUT2D eigenvalue weighted by Gasteiger charge is 2.00.